The first-order valence-corrected chi connectivity index (χ1v) is 5.97. The summed E-state index contributed by atoms with van der Waals surface area (Å²) in [4.78, 5) is 26.1. The molecule has 18 heavy (non-hydrogen) atoms. The molecule has 1 N–H and O–H groups in total. The Hall–Kier alpha value is -1.52. The number of esters is 1. The predicted octanol–water partition coefficient (Wildman–Crippen LogP) is 3.22. The third-order valence-corrected chi connectivity index (χ3v) is 2.93. The van der Waals surface area contributed by atoms with Gasteiger partial charge >= 0.3 is 5.97 Å². The highest BCUT2D eigenvalue weighted by atomic mass is 35.5. The van der Waals surface area contributed by atoms with E-state index in [9.17, 15) is 9.59 Å². The maximum absolute atomic E-state index is 11.9. The molecule has 0 saturated carbocycles. The number of Topliss-reactive ketones (excluding diaryl/α,β-unsaturated/α-hetero) is 1. The van der Waals surface area contributed by atoms with Gasteiger partial charge in [0.1, 0.15) is 0 Å². The SMILES string of the molecule is CCOC(=O)C(=O)c1c[nH]c2c(Cl)cc(Cl)cc12. The van der Waals surface area contributed by atoms with Gasteiger partial charge in [0.25, 0.3) is 5.78 Å². The van der Waals surface area contributed by atoms with E-state index in [1.165, 1.54) is 6.20 Å². The topological polar surface area (TPSA) is 59.2 Å². The second kappa shape index (κ2) is 5.00. The van der Waals surface area contributed by atoms with Crippen LogP contribution in [0.15, 0.2) is 18.3 Å². The molecule has 2 aromatic rings. The molecule has 2 rings (SSSR count). The molecule has 0 fully saturated rings. The second-order valence-corrected chi connectivity index (χ2v) is 4.41. The van der Waals surface area contributed by atoms with Crippen LogP contribution in [0.5, 0.6) is 0 Å². The van der Waals surface area contributed by atoms with Gasteiger partial charge in [-0.15, -0.1) is 0 Å². The molecular weight excluding hydrogens is 277 g/mol. The number of carbonyl (C=O) groups is 2. The van der Waals surface area contributed by atoms with Crippen molar-refractivity contribution in [3.8, 4) is 0 Å². The van der Waals surface area contributed by atoms with Crippen molar-refractivity contribution in [2.24, 2.45) is 0 Å². The van der Waals surface area contributed by atoms with E-state index in [1.54, 1.807) is 19.1 Å². The predicted molar refractivity (Wildman–Crippen MR) is 69.3 cm³/mol. The van der Waals surface area contributed by atoms with Gasteiger partial charge in [-0.2, -0.15) is 0 Å². The smallest absolute Gasteiger partial charge is 0.379 e. The normalized spacial score (nSPS) is 10.6. The number of ether oxygens (including phenoxy) is 1. The lowest BCUT2D eigenvalue weighted by Crippen LogP contribution is -2.17. The number of hydrogen-bond donors (Lipinski definition) is 1. The summed E-state index contributed by atoms with van der Waals surface area (Å²) in [6.45, 7) is 1.78. The zero-order valence-electron chi connectivity index (χ0n) is 9.42. The van der Waals surface area contributed by atoms with Crippen LogP contribution in [0.1, 0.15) is 17.3 Å². The van der Waals surface area contributed by atoms with Crippen LogP contribution in [0, 0.1) is 0 Å². The fourth-order valence-electron chi connectivity index (χ4n) is 1.65. The maximum Gasteiger partial charge on any atom is 0.379 e. The van der Waals surface area contributed by atoms with Crippen LogP contribution in [0.2, 0.25) is 10.0 Å². The molecule has 0 amide bonds. The van der Waals surface area contributed by atoms with Gasteiger partial charge in [0, 0.05) is 16.6 Å². The van der Waals surface area contributed by atoms with Gasteiger partial charge in [-0.05, 0) is 19.1 Å². The van der Waals surface area contributed by atoms with Crippen molar-refractivity contribution in [3.63, 3.8) is 0 Å². The molecule has 6 heteroatoms. The van der Waals surface area contributed by atoms with Crippen LogP contribution in [-0.4, -0.2) is 23.3 Å². The second-order valence-electron chi connectivity index (χ2n) is 3.56. The minimum Gasteiger partial charge on any atom is -0.460 e. The van der Waals surface area contributed by atoms with Crippen molar-refractivity contribution in [1.82, 2.24) is 4.98 Å². The van der Waals surface area contributed by atoms with E-state index in [4.69, 9.17) is 23.2 Å². The van der Waals surface area contributed by atoms with Gasteiger partial charge in [0.15, 0.2) is 0 Å². The molecule has 4 nitrogen and oxygen atoms in total. The van der Waals surface area contributed by atoms with Gasteiger partial charge < -0.3 is 9.72 Å². The summed E-state index contributed by atoms with van der Waals surface area (Å²) >= 11 is 11.9. The lowest BCUT2D eigenvalue weighted by Gasteiger charge is -2.00. The number of hydrogen-bond acceptors (Lipinski definition) is 3. The van der Waals surface area contributed by atoms with Gasteiger partial charge in [0.2, 0.25) is 0 Å². The highest BCUT2D eigenvalue weighted by Gasteiger charge is 2.22. The molecule has 1 heterocycles. The Kier molecular flexibility index (Phi) is 3.59. The van der Waals surface area contributed by atoms with Crippen LogP contribution in [0.25, 0.3) is 10.9 Å². The number of aromatic nitrogens is 1. The van der Waals surface area contributed by atoms with Crippen LogP contribution < -0.4 is 0 Å². The van der Waals surface area contributed by atoms with Crippen molar-refractivity contribution >= 4 is 45.9 Å². The Bertz CT molecular complexity index is 634. The average Bonchev–Trinajstić information content (AvgIpc) is 2.72. The summed E-state index contributed by atoms with van der Waals surface area (Å²) in [7, 11) is 0. The number of H-pyrrole nitrogens is 1. The minimum atomic E-state index is -0.894. The van der Waals surface area contributed by atoms with Crippen LogP contribution in [0.3, 0.4) is 0 Å². The largest absolute Gasteiger partial charge is 0.460 e. The number of rotatable bonds is 3. The molecule has 0 unspecified atom stereocenters. The molecular formula is C12H9Cl2NO3. The minimum absolute atomic E-state index is 0.147. The Morgan fingerprint density at radius 1 is 1.33 bits per heavy atom. The molecule has 0 bridgehead atoms. The summed E-state index contributed by atoms with van der Waals surface area (Å²) in [5.74, 6) is -1.61. The summed E-state index contributed by atoms with van der Waals surface area (Å²) < 4.78 is 4.67. The number of fused-ring (bicyclic) bond motifs is 1. The molecule has 0 atom stereocenters. The molecule has 0 aliphatic heterocycles. The van der Waals surface area contributed by atoms with Crippen molar-refractivity contribution in [2.75, 3.05) is 6.61 Å². The molecule has 94 valence electrons. The lowest BCUT2D eigenvalue weighted by atomic mass is 10.1. The summed E-state index contributed by atoms with van der Waals surface area (Å²) in [6, 6.07) is 3.13. The lowest BCUT2D eigenvalue weighted by molar-refractivity contribution is -0.137. The first kappa shape index (κ1) is 12.9. The summed E-state index contributed by atoms with van der Waals surface area (Å²) in [6.07, 6.45) is 1.42. The van der Waals surface area contributed by atoms with Crippen molar-refractivity contribution in [1.29, 1.82) is 0 Å². The highest BCUT2D eigenvalue weighted by molar-refractivity contribution is 6.44. The number of halogens is 2. The van der Waals surface area contributed by atoms with Gasteiger partial charge in [-0.25, -0.2) is 4.79 Å². The first-order valence-electron chi connectivity index (χ1n) is 5.22. The molecule has 0 aliphatic rings. The van der Waals surface area contributed by atoms with E-state index in [0.717, 1.165) is 0 Å². The number of ketones is 1. The summed E-state index contributed by atoms with van der Waals surface area (Å²) in [5.41, 5.74) is 0.765. The Labute approximate surface area is 113 Å². The van der Waals surface area contributed by atoms with Gasteiger partial charge in [-0.3, -0.25) is 4.79 Å². The highest BCUT2D eigenvalue weighted by Crippen LogP contribution is 2.29. The molecule has 0 saturated heterocycles. The van der Waals surface area contributed by atoms with E-state index in [1.807, 2.05) is 0 Å². The third-order valence-electron chi connectivity index (χ3n) is 2.41. The summed E-state index contributed by atoms with van der Waals surface area (Å²) in [5, 5.41) is 1.29. The monoisotopic (exact) mass is 285 g/mol. The van der Waals surface area contributed by atoms with Crippen LogP contribution in [0.4, 0.5) is 0 Å². The van der Waals surface area contributed by atoms with E-state index in [2.05, 4.69) is 9.72 Å². The molecule has 0 radical (unpaired) electrons. The van der Waals surface area contributed by atoms with Crippen molar-refractivity contribution in [2.45, 2.75) is 6.92 Å². The maximum atomic E-state index is 11.9. The Balaban J connectivity index is 2.52. The number of aromatic amines is 1. The van der Waals surface area contributed by atoms with Crippen LogP contribution in [-0.2, 0) is 9.53 Å². The van der Waals surface area contributed by atoms with E-state index < -0.39 is 11.8 Å². The Morgan fingerprint density at radius 2 is 2.06 bits per heavy atom. The fraction of sp³-hybridized carbons (Fsp3) is 0.167. The average molecular weight is 286 g/mol. The third kappa shape index (κ3) is 2.21. The Morgan fingerprint density at radius 3 is 2.72 bits per heavy atom. The molecule has 1 aromatic carbocycles. The zero-order chi connectivity index (χ0) is 13.3. The number of carbonyl (C=O) groups excluding carboxylic acids is 2. The van der Waals surface area contributed by atoms with Gasteiger partial charge in [-0.1, -0.05) is 23.2 Å². The quantitative estimate of drug-likeness (QED) is 0.535. The zero-order valence-corrected chi connectivity index (χ0v) is 10.9. The molecule has 1 aromatic heterocycles. The van der Waals surface area contributed by atoms with Crippen molar-refractivity contribution < 1.29 is 14.3 Å². The molecule has 0 spiro atoms. The van der Waals surface area contributed by atoms with E-state index >= 15 is 0 Å². The van der Waals surface area contributed by atoms with E-state index in [0.29, 0.717) is 20.9 Å². The van der Waals surface area contributed by atoms with Crippen LogP contribution >= 0.6 is 23.2 Å². The molecule has 0 aliphatic carbocycles. The van der Waals surface area contributed by atoms with E-state index in [-0.39, 0.29) is 12.2 Å². The number of benzene rings is 1. The number of nitrogens with one attached hydrogen (secondary N) is 1. The first-order chi connectivity index (χ1) is 8.54. The fourth-order valence-corrected chi connectivity index (χ4v) is 2.20. The standard InChI is InChI=1S/C12H9Cl2NO3/c1-2-18-12(17)11(16)8-5-15-10-7(8)3-6(13)4-9(10)14/h3-5,15H,2H2,1H3. The van der Waals surface area contributed by atoms with Gasteiger partial charge in [0.05, 0.1) is 22.7 Å². The van der Waals surface area contributed by atoms with Crippen molar-refractivity contribution in [3.05, 3.63) is 33.9 Å².